The third-order valence-corrected chi connectivity index (χ3v) is 5.46. The van der Waals surface area contributed by atoms with Crippen LogP contribution in [0.25, 0.3) is 0 Å². The van der Waals surface area contributed by atoms with Gasteiger partial charge in [-0.1, -0.05) is 45.7 Å². The predicted molar refractivity (Wildman–Crippen MR) is 116 cm³/mol. The number of carbonyl (C=O) groups excluding carboxylic acids is 1. The van der Waals surface area contributed by atoms with Crippen molar-refractivity contribution in [1.82, 2.24) is 0 Å². The Morgan fingerprint density at radius 1 is 1.10 bits per heavy atom. The molecule has 3 aromatic carbocycles. The molecule has 1 unspecified atom stereocenters. The van der Waals surface area contributed by atoms with Crippen molar-refractivity contribution in [3.05, 3.63) is 104 Å². The number of rotatable bonds is 3. The summed E-state index contributed by atoms with van der Waals surface area (Å²) in [4.78, 5) is 12.4. The molecule has 7 heteroatoms. The topological polar surface area (TPSA) is 85.3 Å². The van der Waals surface area contributed by atoms with E-state index in [0.717, 1.165) is 15.6 Å². The van der Waals surface area contributed by atoms with Gasteiger partial charge in [0.2, 0.25) is 5.88 Å². The van der Waals surface area contributed by atoms with E-state index in [1.54, 1.807) is 42.5 Å². The van der Waals surface area contributed by atoms with E-state index in [1.807, 2.05) is 24.3 Å². The van der Waals surface area contributed by atoms with Gasteiger partial charge in [0.1, 0.15) is 23.1 Å². The standard InChI is InChI=1S/C23H14BrClN2O3/c24-15-5-1-13(2-6-15)21-18-10-9-17(11-20(18)30-22(27)19(21)12-26)29-23(28)14-3-7-16(25)8-4-14/h1-11,21H,27H2. The third-order valence-electron chi connectivity index (χ3n) is 4.68. The van der Waals surface area contributed by atoms with Crippen LogP contribution in [0.2, 0.25) is 5.02 Å². The highest BCUT2D eigenvalue weighted by molar-refractivity contribution is 9.10. The molecule has 0 saturated carbocycles. The normalized spacial score (nSPS) is 15.0. The Hall–Kier alpha value is -3.27. The first-order valence-electron chi connectivity index (χ1n) is 8.91. The maximum atomic E-state index is 12.4. The fourth-order valence-corrected chi connectivity index (χ4v) is 3.64. The van der Waals surface area contributed by atoms with Crippen LogP contribution in [0.5, 0.6) is 11.5 Å². The smallest absolute Gasteiger partial charge is 0.343 e. The number of hydrogen-bond acceptors (Lipinski definition) is 5. The lowest BCUT2D eigenvalue weighted by Gasteiger charge is -2.26. The van der Waals surface area contributed by atoms with Crippen LogP contribution in [-0.4, -0.2) is 5.97 Å². The van der Waals surface area contributed by atoms with Gasteiger partial charge >= 0.3 is 5.97 Å². The van der Waals surface area contributed by atoms with Gasteiger partial charge in [-0.2, -0.15) is 5.26 Å². The van der Waals surface area contributed by atoms with Crippen molar-refractivity contribution in [1.29, 1.82) is 5.26 Å². The maximum Gasteiger partial charge on any atom is 0.343 e. The quantitative estimate of drug-likeness (QED) is 0.392. The van der Waals surface area contributed by atoms with Crippen molar-refractivity contribution in [2.24, 2.45) is 5.73 Å². The molecule has 2 N–H and O–H groups in total. The molecular formula is C23H14BrClN2O3. The number of ether oxygens (including phenoxy) is 2. The van der Waals surface area contributed by atoms with Gasteiger partial charge in [-0.15, -0.1) is 0 Å². The van der Waals surface area contributed by atoms with E-state index >= 15 is 0 Å². The number of nitrogens with two attached hydrogens (primary N) is 1. The summed E-state index contributed by atoms with van der Waals surface area (Å²) in [5.74, 6) is -0.141. The van der Waals surface area contributed by atoms with Gasteiger partial charge in [0.15, 0.2) is 0 Å². The highest BCUT2D eigenvalue weighted by Gasteiger charge is 2.31. The van der Waals surface area contributed by atoms with Gasteiger partial charge in [0.25, 0.3) is 0 Å². The number of esters is 1. The van der Waals surface area contributed by atoms with Crippen molar-refractivity contribution in [3.63, 3.8) is 0 Å². The molecule has 0 bridgehead atoms. The van der Waals surface area contributed by atoms with Crippen LogP contribution in [0, 0.1) is 11.3 Å². The van der Waals surface area contributed by atoms with E-state index in [9.17, 15) is 10.1 Å². The number of hydrogen-bond donors (Lipinski definition) is 1. The molecule has 0 radical (unpaired) electrons. The van der Waals surface area contributed by atoms with Gasteiger partial charge in [0.05, 0.1) is 11.5 Å². The van der Waals surface area contributed by atoms with Crippen molar-refractivity contribution >= 4 is 33.5 Å². The number of carbonyl (C=O) groups is 1. The fraction of sp³-hybridized carbons (Fsp3) is 0.0435. The second kappa shape index (κ2) is 8.23. The zero-order valence-electron chi connectivity index (χ0n) is 15.4. The lowest BCUT2D eigenvalue weighted by Crippen LogP contribution is -2.21. The molecule has 0 amide bonds. The van der Waals surface area contributed by atoms with Gasteiger partial charge in [-0.3, -0.25) is 0 Å². The highest BCUT2D eigenvalue weighted by Crippen LogP contribution is 2.43. The molecule has 148 valence electrons. The molecule has 0 spiro atoms. The zero-order chi connectivity index (χ0) is 21.3. The summed E-state index contributed by atoms with van der Waals surface area (Å²) in [6, 6.07) is 21.2. The summed E-state index contributed by atoms with van der Waals surface area (Å²) in [7, 11) is 0. The van der Waals surface area contributed by atoms with Crippen LogP contribution in [0.4, 0.5) is 0 Å². The van der Waals surface area contributed by atoms with Crippen molar-refractivity contribution in [2.45, 2.75) is 5.92 Å². The van der Waals surface area contributed by atoms with E-state index in [4.69, 9.17) is 26.8 Å². The van der Waals surface area contributed by atoms with Crippen molar-refractivity contribution in [3.8, 4) is 17.6 Å². The van der Waals surface area contributed by atoms with Gasteiger partial charge in [-0.05, 0) is 48.0 Å². The average molecular weight is 482 g/mol. The molecule has 30 heavy (non-hydrogen) atoms. The maximum absolute atomic E-state index is 12.4. The zero-order valence-corrected chi connectivity index (χ0v) is 17.8. The summed E-state index contributed by atoms with van der Waals surface area (Å²) in [6.45, 7) is 0. The predicted octanol–water partition coefficient (Wildman–Crippen LogP) is 5.54. The number of nitriles is 1. The Labute approximate surface area is 186 Å². The van der Waals surface area contributed by atoms with Crippen LogP contribution in [0.15, 0.2) is 82.7 Å². The molecule has 1 aliphatic heterocycles. The Morgan fingerprint density at radius 3 is 2.47 bits per heavy atom. The second-order valence-corrected chi connectivity index (χ2v) is 7.92. The number of halogens is 2. The van der Waals surface area contributed by atoms with Crippen LogP contribution in [0.1, 0.15) is 27.4 Å². The molecule has 4 rings (SSSR count). The molecule has 1 atom stereocenters. The first-order chi connectivity index (χ1) is 14.5. The molecule has 0 aliphatic carbocycles. The summed E-state index contributed by atoms with van der Waals surface area (Å²) in [6.07, 6.45) is 0. The summed E-state index contributed by atoms with van der Waals surface area (Å²) in [5, 5.41) is 10.2. The minimum Gasteiger partial charge on any atom is -0.440 e. The van der Waals surface area contributed by atoms with Gasteiger partial charge in [-0.25, -0.2) is 4.79 Å². The van der Waals surface area contributed by atoms with Gasteiger partial charge < -0.3 is 15.2 Å². The molecule has 0 fully saturated rings. The summed E-state index contributed by atoms with van der Waals surface area (Å²) < 4.78 is 12.1. The number of allylic oxidation sites excluding steroid dienone is 1. The van der Waals surface area contributed by atoms with E-state index in [1.165, 1.54) is 0 Å². The largest absolute Gasteiger partial charge is 0.440 e. The highest BCUT2D eigenvalue weighted by atomic mass is 79.9. The second-order valence-electron chi connectivity index (χ2n) is 6.57. The molecule has 0 saturated heterocycles. The lowest BCUT2D eigenvalue weighted by atomic mass is 9.83. The molecule has 5 nitrogen and oxygen atoms in total. The average Bonchev–Trinajstić information content (AvgIpc) is 2.74. The fourth-order valence-electron chi connectivity index (χ4n) is 3.25. The van der Waals surface area contributed by atoms with E-state index < -0.39 is 5.97 Å². The molecular weight excluding hydrogens is 468 g/mol. The molecule has 3 aromatic rings. The Balaban J connectivity index is 1.68. The van der Waals surface area contributed by atoms with E-state index in [-0.39, 0.29) is 11.8 Å². The number of benzene rings is 3. The van der Waals surface area contributed by atoms with Crippen molar-refractivity contribution < 1.29 is 14.3 Å². The van der Waals surface area contributed by atoms with E-state index in [2.05, 4.69) is 22.0 Å². The van der Waals surface area contributed by atoms with Gasteiger partial charge in [0, 0.05) is 21.1 Å². The first kappa shape index (κ1) is 20.0. The van der Waals surface area contributed by atoms with Crippen molar-refractivity contribution in [2.75, 3.05) is 0 Å². The van der Waals surface area contributed by atoms with Crippen LogP contribution in [0.3, 0.4) is 0 Å². The number of nitrogens with zero attached hydrogens (tertiary/aromatic N) is 1. The summed E-state index contributed by atoms with van der Waals surface area (Å²) in [5.41, 5.74) is 8.38. The third kappa shape index (κ3) is 3.90. The molecule has 0 aromatic heterocycles. The minimum atomic E-state index is -0.520. The van der Waals surface area contributed by atoms with E-state index in [0.29, 0.717) is 27.7 Å². The Bertz CT molecular complexity index is 1200. The van der Waals surface area contributed by atoms with Crippen LogP contribution in [-0.2, 0) is 0 Å². The minimum absolute atomic E-state index is 0.0269. The Morgan fingerprint density at radius 2 is 1.80 bits per heavy atom. The number of fused-ring (bicyclic) bond motifs is 1. The SMILES string of the molecule is N#CC1=C(N)Oc2cc(OC(=O)c3ccc(Cl)cc3)ccc2C1c1ccc(Br)cc1. The summed E-state index contributed by atoms with van der Waals surface area (Å²) >= 11 is 9.27. The Kier molecular flexibility index (Phi) is 5.49. The molecule has 1 aliphatic rings. The van der Waals surface area contributed by atoms with Crippen LogP contribution >= 0.6 is 27.5 Å². The van der Waals surface area contributed by atoms with Crippen LogP contribution < -0.4 is 15.2 Å². The first-order valence-corrected chi connectivity index (χ1v) is 10.1. The molecule has 1 heterocycles. The lowest BCUT2D eigenvalue weighted by molar-refractivity contribution is 0.0734. The monoisotopic (exact) mass is 480 g/mol.